The van der Waals surface area contributed by atoms with Crippen LogP contribution in [0.1, 0.15) is 32.1 Å². The Morgan fingerprint density at radius 3 is 3.08 bits per heavy atom. The maximum atomic E-state index is 9.60. The van der Waals surface area contributed by atoms with Crippen LogP contribution in [-0.2, 0) is 9.47 Å². The molecule has 0 aromatic heterocycles. The van der Waals surface area contributed by atoms with Gasteiger partial charge in [0, 0.05) is 20.3 Å². The van der Waals surface area contributed by atoms with Crippen LogP contribution in [0.15, 0.2) is 0 Å². The normalized spacial score (nSPS) is 24.9. The SMILES string of the molecule is COCCCC(O)CC1CCCO1. The monoisotopic (exact) mass is 188 g/mol. The van der Waals surface area contributed by atoms with Crippen molar-refractivity contribution in [2.24, 2.45) is 0 Å². The van der Waals surface area contributed by atoms with Crippen LogP contribution >= 0.6 is 0 Å². The van der Waals surface area contributed by atoms with Crippen molar-refractivity contribution in [3.05, 3.63) is 0 Å². The first-order chi connectivity index (χ1) is 6.33. The van der Waals surface area contributed by atoms with Crippen LogP contribution in [0.25, 0.3) is 0 Å². The molecule has 0 radical (unpaired) electrons. The van der Waals surface area contributed by atoms with Crippen molar-refractivity contribution < 1.29 is 14.6 Å². The van der Waals surface area contributed by atoms with Crippen molar-refractivity contribution in [2.45, 2.75) is 44.3 Å². The summed E-state index contributed by atoms with van der Waals surface area (Å²) in [5.41, 5.74) is 0. The second kappa shape index (κ2) is 6.35. The van der Waals surface area contributed by atoms with Crippen molar-refractivity contribution in [1.82, 2.24) is 0 Å². The molecule has 0 aromatic rings. The number of hydrogen-bond acceptors (Lipinski definition) is 3. The smallest absolute Gasteiger partial charge is 0.0600 e. The summed E-state index contributed by atoms with van der Waals surface area (Å²) >= 11 is 0. The summed E-state index contributed by atoms with van der Waals surface area (Å²) in [6.07, 6.45) is 4.91. The van der Waals surface area contributed by atoms with Gasteiger partial charge in [-0.05, 0) is 32.1 Å². The lowest BCUT2D eigenvalue weighted by atomic mass is 10.1. The zero-order valence-electron chi connectivity index (χ0n) is 8.37. The molecule has 13 heavy (non-hydrogen) atoms. The van der Waals surface area contributed by atoms with E-state index >= 15 is 0 Å². The Kier molecular flexibility index (Phi) is 5.35. The maximum absolute atomic E-state index is 9.60. The van der Waals surface area contributed by atoms with Crippen molar-refractivity contribution >= 4 is 0 Å². The van der Waals surface area contributed by atoms with Gasteiger partial charge in [0.05, 0.1) is 12.2 Å². The van der Waals surface area contributed by atoms with E-state index in [9.17, 15) is 5.11 Å². The highest BCUT2D eigenvalue weighted by Gasteiger charge is 2.18. The fourth-order valence-electron chi connectivity index (χ4n) is 1.71. The lowest BCUT2D eigenvalue weighted by molar-refractivity contribution is 0.0465. The summed E-state index contributed by atoms with van der Waals surface area (Å²) in [4.78, 5) is 0. The highest BCUT2D eigenvalue weighted by Crippen LogP contribution is 2.18. The van der Waals surface area contributed by atoms with Crippen LogP contribution in [0.2, 0.25) is 0 Å². The van der Waals surface area contributed by atoms with Gasteiger partial charge in [0.25, 0.3) is 0 Å². The minimum absolute atomic E-state index is 0.210. The van der Waals surface area contributed by atoms with Gasteiger partial charge in [0.1, 0.15) is 0 Å². The van der Waals surface area contributed by atoms with Crippen LogP contribution in [0.5, 0.6) is 0 Å². The minimum atomic E-state index is -0.210. The molecule has 1 aliphatic rings. The van der Waals surface area contributed by atoms with Crippen molar-refractivity contribution in [2.75, 3.05) is 20.3 Å². The number of rotatable bonds is 6. The summed E-state index contributed by atoms with van der Waals surface area (Å²) in [7, 11) is 1.69. The number of methoxy groups -OCH3 is 1. The fraction of sp³-hybridized carbons (Fsp3) is 1.00. The molecule has 1 aliphatic heterocycles. The number of aliphatic hydroxyl groups is 1. The molecule has 1 rings (SSSR count). The first kappa shape index (κ1) is 11.0. The summed E-state index contributed by atoms with van der Waals surface area (Å²) in [5, 5.41) is 9.60. The summed E-state index contributed by atoms with van der Waals surface area (Å²) < 4.78 is 10.4. The molecule has 0 aromatic carbocycles. The van der Waals surface area contributed by atoms with Gasteiger partial charge in [0.2, 0.25) is 0 Å². The van der Waals surface area contributed by atoms with Crippen molar-refractivity contribution in [3.63, 3.8) is 0 Å². The molecular weight excluding hydrogens is 168 g/mol. The Morgan fingerprint density at radius 1 is 1.62 bits per heavy atom. The first-order valence-electron chi connectivity index (χ1n) is 5.11. The maximum Gasteiger partial charge on any atom is 0.0600 e. The Morgan fingerprint density at radius 2 is 2.46 bits per heavy atom. The van der Waals surface area contributed by atoms with Crippen molar-refractivity contribution in [3.8, 4) is 0 Å². The predicted octanol–water partition coefficient (Wildman–Crippen LogP) is 1.34. The second-order valence-corrected chi connectivity index (χ2v) is 3.66. The molecule has 0 spiro atoms. The van der Waals surface area contributed by atoms with Gasteiger partial charge in [-0.2, -0.15) is 0 Å². The zero-order valence-corrected chi connectivity index (χ0v) is 8.37. The van der Waals surface area contributed by atoms with E-state index < -0.39 is 0 Å². The third kappa shape index (κ3) is 4.60. The zero-order chi connectivity index (χ0) is 9.52. The predicted molar refractivity (Wildman–Crippen MR) is 50.7 cm³/mol. The summed E-state index contributed by atoms with van der Waals surface area (Å²) in [5.74, 6) is 0. The molecular formula is C10H20O3. The molecule has 3 heteroatoms. The second-order valence-electron chi connectivity index (χ2n) is 3.66. The molecule has 0 amide bonds. The number of aliphatic hydroxyl groups excluding tert-OH is 1. The van der Waals surface area contributed by atoms with E-state index in [1.807, 2.05) is 0 Å². The Balaban J connectivity index is 1.99. The first-order valence-corrected chi connectivity index (χ1v) is 5.11. The molecule has 0 bridgehead atoms. The van der Waals surface area contributed by atoms with E-state index in [0.29, 0.717) is 6.10 Å². The Hall–Kier alpha value is -0.120. The molecule has 2 atom stereocenters. The van der Waals surface area contributed by atoms with Crippen LogP contribution in [0.4, 0.5) is 0 Å². The fourth-order valence-corrected chi connectivity index (χ4v) is 1.71. The Labute approximate surface area is 80.0 Å². The molecule has 3 nitrogen and oxygen atoms in total. The standard InChI is InChI=1S/C10H20O3/c1-12-6-2-4-9(11)8-10-5-3-7-13-10/h9-11H,2-8H2,1H3. The summed E-state index contributed by atoms with van der Waals surface area (Å²) in [6.45, 7) is 1.61. The topological polar surface area (TPSA) is 38.7 Å². The van der Waals surface area contributed by atoms with Gasteiger partial charge in [-0.1, -0.05) is 0 Å². The Bertz CT molecular complexity index is 121. The molecule has 78 valence electrons. The van der Waals surface area contributed by atoms with Gasteiger partial charge in [-0.3, -0.25) is 0 Å². The van der Waals surface area contributed by atoms with Crippen LogP contribution in [0, 0.1) is 0 Å². The average Bonchev–Trinajstić information content (AvgIpc) is 2.57. The number of hydrogen-bond donors (Lipinski definition) is 1. The van der Waals surface area contributed by atoms with Gasteiger partial charge in [-0.25, -0.2) is 0 Å². The van der Waals surface area contributed by atoms with E-state index in [4.69, 9.17) is 9.47 Å². The van der Waals surface area contributed by atoms with E-state index in [1.165, 1.54) is 0 Å². The lowest BCUT2D eigenvalue weighted by Gasteiger charge is -2.14. The number of ether oxygens (including phenoxy) is 2. The molecule has 1 fully saturated rings. The van der Waals surface area contributed by atoms with Gasteiger partial charge in [0.15, 0.2) is 0 Å². The van der Waals surface area contributed by atoms with Crippen LogP contribution < -0.4 is 0 Å². The van der Waals surface area contributed by atoms with Gasteiger partial charge >= 0.3 is 0 Å². The largest absolute Gasteiger partial charge is 0.393 e. The average molecular weight is 188 g/mol. The molecule has 1 heterocycles. The summed E-state index contributed by atoms with van der Waals surface area (Å²) in [6, 6.07) is 0. The highest BCUT2D eigenvalue weighted by atomic mass is 16.5. The molecule has 1 saturated heterocycles. The minimum Gasteiger partial charge on any atom is -0.393 e. The molecule has 1 N–H and O–H groups in total. The van der Waals surface area contributed by atoms with Gasteiger partial charge in [-0.15, -0.1) is 0 Å². The van der Waals surface area contributed by atoms with Crippen LogP contribution in [-0.4, -0.2) is 37.6 Å². The van der Waals surface area contributed by atoms with Crippen LogP contribution in [0.3, 0.4) is 0 Å². The quantitative estimate of drug-likeness (QED) is 0.639. The molecule has 2 unspecified atom stereocenters. The highest BCUT2D eigenvalue weighted by molar-refractivity contribution is 4.69. The van der Waals surface area contributed by atoms with E-state index in [-0.39, 0.29) is 6.10 Å². The van der Waals surface area contributed by atoms with E-state index in [2.05, 4.69) is 0 Å². The third-order valence-electron chi connectivity index (χ3n) is 2.44. The molecule has 0 saturated carbocycles. The van der Waals surface area contributed by atoms with E-state index in [0.717, 1.165) is 45.3 Å². The van der Waals surface area contributed by atoms with E-state index in [1.54, 1.807) is 7.11 Å². The van der Waals surface area contributed by atoms with Crippen molar-refractivity contribution in [1.29, 1.82) is 0 Å². The van der Waals surface area contributed by atoms with Gasteiger partial charge < -0.3 is 14.6 Å². The third-order valence-corrected chi connectivity index (χ3v) is 2.44. The molecule has 0 aliphatic carbocycles. The lowest BCUT2D eigenvalue weighted by Crippen LogP contribution is -2.17.